The van der Waals surface area contributed by atoms with Gasteiger partial charge in [0.25, 0.3) is 0 Å². The van der Waals surface area contributed by atoms with E-state index in [2.05, 4.69) is 4.74 Å². The maximum absolute atomic E-state index is 11.8. The molecule has 24 heteroatoms. The smallest absolute Gasteiger partial charge is 0.332 e. The molecule has 0 rings (SSSR count). The molecule has 2 amide bonds. The third-order valence-corrected chi connectivity index (χ3v) is 7.13. The van der Waals surface area contributed by atoms with Crippen LogP contribution >= 0.6 is 0 Å². The fourth-order valence-corrected chi connectivity index (χ4v) is 3.53. The fourth-order valence-electron chi connectivity index (χ4n) is 3.53. The van der Waals surface area contributed by atoms with E-state index in [0.717, 1.165) is 0 Å². The zero-order valence-electron chi connectivity index (χ0n) is 33.3. The summed E-state index contributed by atoms with van der Waals surface area (Å²) in [7, 11) is 0. The maximum atomic E-state index is 11.8. The van der Waals surface area contributed by atoms with Crippen LogP contribution in [0.3, 0.4) is 0 Å². The lowest BCUT2D eigenvalue weighted by Gasteiger charge is -2.16. The van der Waals surface area contributed by atoms with Crippen LogP contribution in [-0.4, -0.2) is 159 Å². The average molecular weight is 851 g/mol. The molecule has 0 aliphatic carbocycles. The Bertz CT molecular complexity index is 1140. The van der Waals surface area contributed by atoms with Crippen molar-refractivity contribution in [1.29, 1.82) is 0 Å². The van der Waals surface area contributed by atoms with E-state index in [1.54, 1.807) is 0 Å². The van der Waals surface area contributed by atoms with Crippen molar-refractivity contribution in [1.82, 2.24) is 0 Å². The van der Waals surface area contributed by atoms with Gasteiger partial charge in [0, 0.05) is 25.7 Å². The molecule has 0 aromatic carbocycles. The number of ether oxygens (including phenoxy) is 4. The molecule has 340 valence electrons. The summed E-state index contributed by atoms with van der Waals surface area (Å²) in [4.78, 5) is 86.0. The second-order valence-corrected chi connectivity index (χ2v) is 12.2. The minimum absolute atomic E-state index is 0.00926. The number of hydrogen-bond acceptors (Lipinski definition) is 16. The molecule has 0 aromatic rings. The van der Waals surface area contributed by atoms with Crippen LogP contribution in [0, 0.1) is 0 Å². The van der Waals surface area contributed by atoms with Crippen LogP contribution in [0.2, 0.25) is 0 Å². The Balaban J connectivity index is -0.000000335. The summed E-state index contributed by atoms with van der Waals surface area (Å²) in [5, 5.41) is 17.3. The first kappa shape index (κ1) is 60.6. The number of nitrogens with two attached hydrogens (primary N) is 6. The lowest BCUT2D eigenvalue weighted by Crippen LogP contribution is -2.40. The normalized spacial score (nSPS) is 14.7. The zero-order chi connectivity index (χ0) is 46.0. The van der Waals surface area contributed by atoms with Gasteiger partial charge in [0.05, 0.1) is 63.9 Å². The Morgan fingerprint density at radius 1 is 0.431 bits per heavy atom. The molecule has 8 atom stereocenters. The number of carbonyl (C=O) groups is 8. The number of ketones is 4. The summed E-state index contributed by atoms with van der Waals surface area (Å²) in [6.07, 6.45) is -4.14. The van der Waals surface area contributed by atoms with E-state index in [0.29, 0.717) is 0 Å². The third kappa shape index (κ3) is 35.1. The quantitative estimate of drug-likeness (QED) is 0.0301. The second kappa shape index (κ2) is 37.2. The first-order valence-corrected chi connectivity index (χ1v) is 17.7. The molecule has 0 fully saturated rings. The lowest BCUT2D eigenvalue weighted by molar-refractivity contribution is -0.152. The van der Waals surface area contributed by atoms with E-state index in [1.807, 2.05) is 0 Å². The Labute approximate surface area is 334 Å². The number of hydrogen-bond donors (Lipinski definition) is 8. The van der Waals surface area contributed by atoms with Crippen LogP contribution in [0.1, 0.15) is 66.2 Å². The molecule has 8 unspecified atom stereocenters. The van der Waals surface area contributed by atoms with Crippen molar-refractivity contribution in [3.63, 3.8) is 0 Å². The molecular formula is C34H62F4N6O14. The average Bonchev–Trinajstić information content (AvgIpc) is 3.14. The number of primary amides is 2. The van der Waals surface area contributed by atoms with Crippen LogP contribution in [-0.2, 0) is 57.3 Å². The molecular weight excluding hydrogens is 788 g/mol. The number of carbonyl (C=O) groups excluding carboxylic acids is 6. The highest BCUT2D eigenvalue weighted by Gasteiger charge is 2.25. The molecule has 0 spiro atoms. The van der Waals surface area contributed by atoms with Crippen molar-refractivity contribution >= 4 is 46.9 Å². The van der Waals surface area contributed by atoms with Gasteiger partial charge in [0.15, 0.2) is 12.2 Å². The van der Waals surface area contributed by atoms with Gasteiger partial charge in [0.1, 0.15) is 48.7 Å². The second-order valence-electron chi connectivity index (χ2n) is 12.2. The molecule has 0 radical (unpaired) electrons. The van der Waals surface area contributed by atoms with Gasteiger partial charge in [-0.15, -0.1) is 0 Å². The first-order chi connectivity index (χ1) is 26.9. The van der Waals surface area contributed by atoms with E-state index < -0.39 is 99.0 Å². The van der Waals surface area contributed by atoms with Crippen molar-refractivity contribution in [3.8, 4) is 0 Å². The van der Waals surface area contributed by atoms with Crippen LogP contribution in [0.5, 0.6) is 0 Å². The molecule has 0 bridgehead atoms. The van der Waals surface area contributed by atoms with Crippen molar-refractivity contribution in [2.24, 2.45) is 34.4 Å². The van der Waals surface area contributed by atoms with Gasteiger partial charge in [-0.3, -0.25) is 37.5 Å². The van der Waals surface area contributed by atoms with Crippen LogP contribution in [0.15, 0.2) is 0 Å². The number of aliphatic carboxylic acids is 2. The van der Waals surface area contributed by atoms with E-state index in [4.69, 9.17) is 58.8 Å². The van der Waals surface area contributed by atoms with Gasteiger partial charge in [-0.25, -0.2) is 18.4 Å². The largest absolute Gasteiger partial charge is 0.479 e. The summed E-state index contributed by atoms with van der Waals surface area (Å²) in [5.74, 6) is -4.98. The number of carboxylic acid groups (broad SMARTS) is 2. The molecule has 14 N–H and O–H groups in total. The van der Waals surface area contributed by atoms with Crippen LogP contribution in [0.25, 0.3) is 0 Å². The molecule has 0 aromatic heterocycles. The number of alkyl halides is 4. The zero-order valence-corrected chi connectivity index (χ0v) is 33.3. The molecule has 58 heavy (non-hydrogen) atoms. The van der Waals surface area contributed by atoms with Crippen molar-refractivity contribution < 1.29 is 85.1 Å². The molecule has 0 heterocycles. The maximum Gasteiger partial charge on any atom is 0.332 e. The monoisotopic (exact) mass is 850 g/mol. The van der Waals surface area contributed by atoms with Gasteiger partial charge in [-0.2, -0.15) is 0 Å². The van der Waals surface area contributed by atoms with Gasteiger partial charge in [-0.05, 0) is 40.5 Å². The predicted octanol–water partition coefficient (Wildman–Crippen LogP) is -1.49. The highest BCUT2D eigenvalue weighted by molar-refractivity contribution is 5.85. The summed E-state index contributed by atoms with van der Waals surface area (Å²) in [6, 6.07) is -3.30. The number of rotatable bonds is 30. The van der Waals surface area contributed by atoms with Crippen LogP contribution < -0.4 is 34.4 Å². The molecule has 0 saturated heterocycles. The lowest BCUT2D eigenvalue weighted by atomic mass is 10.1. The highest BCUT2D eigenvalue weighted by atomic mass is 18.2. The Hall–Kier alpha value is -4.04. The summed E-state index contributed by atoms with van der Waals surface area (Å²) in [6.45, 7) is 2.19. The van der Waals surface area contributed by atoms with E-state index in [9.17, 15) is 55.9 Å². The minimum Gasteiger partial charge on any atom is -0.479 e. The molecule has 0 saturated carbocycles. The summed E-state index contributed by atoms with van der Waals surface area (Å²) in [5.41, 5.74) is 31.6. The Morgan fingerprint density at radius 2 is 0.655 bits per heavy atom. The van der Waals surface area contributed by atoms with Crippen molar-refractivity contribution in [2.75, 3.05) is 53.1 Å². The molecule has 0 aliphatic rings. The summed E-state index contributed by atoms with van der Waals surface area (Å²) >= 11 is 0. The fraction of sp³-hybridized carbons (Fsp3) is 0.765. The highest BCUT2D eigenvalue weighted by Crippen LogP contribution is 2.06. The van der Waals surface area contributed by atoms with Crippen molar-refractivity contribution in [2.45, 2.75) is 115 Å². The molecule has 0 aliphatic heterocycles. The van der Waals surface area contributed by atoms with E-state index in [-0.39, 0.29) is 88.1 Å². The third-order valence-electron chi connectivity index (χ3n) is 7.13. The van der Waals surface area contributed by atoms with E-state index in [1.165, 1.54) is 27.7 Å². The topological polar surface area (TPSA) is 370 Å². The number of halogens is 4. The first-order valence-electron chi connectivity index (χ1n) is 17.7. The van der Waals surface area contributed by atoms with Gasteiger partial charge >= 0.3 is 11.9 Å². The standard InChI is InChI=1S/C9H17FN2O3.C9H16FNO4.C8H15FN2O3.C8H14FNO4/c1-6(13)7(11)5-8(9(12)14)15-4-2-3-10;1-6(12)7(11)5-8(9(13)14)15-4-2-3-10;1-5(12)6(10)4-7(8(11)13)14-3-2-9;1-5(11)6(10)4-7(8(12)13)14-3-2-9/h7-8H,2-5,11H2,1H3,(H2,12,14);7-8H,2-5,11H2,1H3,(H,13,14);6-7H,2-4,10H2,1H3,(H2,11,13);6-7H,2-4,10H2,1H3,(H,12,13)/i2*10-1;2*9-1. The molecule has 20 nitrogen and oxygen atoms in total. The number of Topliss-reactive ketones (excluding diaryl/α,β-unsaturated/α-hetero) is 4. The van der Waals surface area contributed by atoms with Crippen LogP contribution in [0.4, 0.5) is 17.6 Å². The van der Waals surface area contributed by atoms with Gasteiger partial charge < -0.3 is 63.6 Å². The predicted molar refractivity (Wildman–Crippen MR) is 199 cm³/mol. The van der Waals surface area contributed by atoms with Gasteiger partial charge in [-0.1, -0.05) is 0 Å². The minimum atomic E-state index is -1.24. The van der Waals surface area contributed by atoms with Gasteiger partial charge in [0.2, 0.25) is 11.8 Å². The Kier molecular flexibility index (Phi) is 38.9. The number of amides is 2. The number of carboxylic acids is 2. The van der Waals surface area contributed by atoms with E-state index >= 15 is 0 Å². The Morgan fingerprint density at radius 3 is 0.862 bits per heavy atom. The SMILES string of the molecule is CC(=O)C(N)CC(OCCC[18F])C(=O)O.CC(=O)C(N)CC(OCCC[18F])C(N)=O.CC(=O)C(N)CC(OCC[18F])C(=O)O.CC(=O)C(N)CC(OCC[18F])C(N)=O. The van der Waals surface area contributed by atoms with Crippen molar-refractivity contribution in [3.05, 3.63) is 0 Å². The summed E-state index contributed by atoms with van der Waals surface area (Å²) < 4.78 is 66.3.